The molecule has 0 saturated carbocycles. The van der Waals surface area contributed by atoms with Crippen molar-refractivity contribution >= 4 is 15.9 Å². The van der Waals surface area contributed by atoms with E-state index >= 15 is 0 Å². The number of hydrogen-bond acceptors (Lipinski definition) is 2. The summed E-state index contributed by atoms with van der Waals surface area (Å²) in [7, 11) is 0. The summed E-state index contributed by atoms with van der Waals surface area (Å²) in [6, 6.07) is 5.84. The molecule has 2 nitrogen and oxygen atoms in total. The maximum atomic E-state index is 9.63. The van der Waals surface area contributed by atoms with Crippen LogP contribution in [0.2, 0.25) is 0 Å². The second-order valence-corrected chi connectivity index (χ2v) is 4.84. The fourth-order valence-corrected chi connectivity index (χ4v) is 1.94. The largest absolute Gasteiger partial charge is 0.488 e. The molecule has 0 amide bonds. The molecule has 1 N–H and O–H groups in total. The highest BCUT2D eigenvalue weighted by Crippen LogP contribution is 2.33. The van der Waals surface area contributed by atoms with Crippen molar-refractivity contribution in [3.05, 3.63) is 40.4 Å². The number of rotatable bonds is 3. The summed E-state index contributed by atoms with van der Waals surface area (Å²) in [5, 5.41) is 9.63. The molecule has 0 aromatic heterocycles. The molecule has 1 aromatic carbocycles. The van der Waals surface area contributed by atoms with E-state index < -0.39 is 0 Å². The van der Waals surface area contributed by atoms with Gasteiger partial charge in [-0.25, -0.2) is 0 Å². The molecule has 0 fully saturated rings. The lowest BCUT2D eigenvalue weighted by atomic mass is 10.1. The molecule has 0 spiro atoms. The zero-order valence-corrected chi connectivity index (χ0v) is 9.96. The van der Waals surface area contributed by atoms with Crippen molar-refractivity contribution in [2.24, 2.45) is 0 Å². The summed E-state index contributed by atoms with van der Waals surface area (Å²) in [4.78, 5) is 0. The van der Waals surface area contributed by atoms with E-state index in [0.717, 1.165) is 28.6 Å². The Bertz CT molecular complexity index is 387. The number of ether oxygens (including phenoxy) is 1. The molecule has 0 saturated heterocycles. The van der Waals surface area contributed by atoms with Gasteiger partial charge in [-0.15, -0.1) is 0 Å². The van der Waals surface area contributed by atoms with Gasteiger partial charge in [0.2, 0.25) is 0 Å². The van der Waals surface area contributed by atoms with Crippen molar-refractivity contribution in [3.8, 4) is 5.75 Å². The number of aryl methyl sites for hydroxylation is 1. The van der Waals surface area contributed by atoms with Gasteiger partial charge in [-0.1, -0.05) is 28.6 Å². The molecule has 0 bridgehead atoms. The number of halogens is 1. The highest BCUT2D eigenvalue weighted by Gasteiger charge is 2.20. The van der Waals surface area contributed by atoms with Crippen LogP contribution in [0.15, 0.2) is 29.3 Å². The molecule has 3 heteroatoms. The minimum atomic E-state index is -0.291. The summed E-state index contributed by atoms with van der Waals surface area (Å²) >= 11 is 3.24. The van der Waals surface area contributed by atoms with E-state index in [-0.39, 0.29) is 6.10 Å². The fourth-order valence-electron chi connectivity index (χ4n) is 1.82. The number of fused-ring (bicyclic) bond motifs is 1. The molecule has 1 aliphatic rings. The van der Waals surface area contributed by atoms with E-state index in [9.17, 15) is 5.11 Å². The first-order valence-corrected chi connectivity index (χ1v) is 5.73. The van der Waals surface area contributed by atoms with Crippen molar-refractivity contribution in [2.75, 3.05) is 6.61 Å². The van der Waals surface area contributed by atoms with E-state index in [4.69, 9.17) is 4.74 Å². The van der Waals surface area contributed by atoms with Crippen molar-refractivity contribution < 1.29 is 9.84 Å². The third-order valence-corrected chi connectivity index (χ3v) is 2.78. The average molecular weight is 269 g/mol. The number of hydrogen-bond donors (Lipinski definition) is 1. The van der Waals surface area contributed by atoms with E-state index in [1.165, 1.54) is 5.56 Å². The lowest BCUT2D eigenvalue weighted by molar-refractivity contribution is 0.180. The standard InChI is InChI=1S/C12H13BrO2/c1-8(13)7-15-10-3-4-11-9(6-10)2-5-12(11)14/h3-4,6,12,14H,1-2,5,7H2/t12-/m1/s1. The zero-order chi connectivity index (χ0) is 10.8. The highest BCUT2D eigenvalue weighted by molar-refractivity contribution is 9.11. The Morgan fingerprint density at radius 2 is 2.40 bits per heavy atom. The molecule has 0 aliphatic heterocycles. The summed E-state index contributed by atoms with van der Waals surface area (Å²) in [5.41, 5.74) is 2.24. The number of aliphatic hydroxyl groups excluding tert-OH is 1. The van der Waals surface area contributed by atoms with Crippen LogP contribution >= 0.6 is 15.9 Å². The van der Waals surface area contributed by atoms with Gasteiger partial charge in [0.1, 0.15) is 12.4 Å². The zero-order valence-electron chi connectivity index (χ0n) is 8.37. The predicted octanol–water partition coefficient (Wildman–Crippen LogP) is 2.95. The molecule has 0 radical (unpaired) electrons. The Labute approximate surface area is 97.7 Å². The monoisotopic (exact) mass is 268 g/mol. The lowest BCUT2D eigenvalue weighted by Gasteiger charge is -2.08. The minimum Gasteiger partial charge on any atom is -0.488 e. The van der Waals surface area contributed by atoms with E-state index in [1.54, 1.807) is 0 Å². The van der Waals surface area contributed by atoms with Crippen LogP contribution in [0.4, 0.5) is 0 Å². The summed E-state index contributed by atoms with van der Waals surface area (Å²) in [6.07, 6.45) is 1.47. The molecule has 0 unspecified atom stereocenters. The maximum Gasteiger partial charge on any atom is 0.120 e. The van der Waals surface area contributed by atoms with Crippen LogP contribution in [0.3, 0.4) is 0 Å². The van der Waals surface area contributed by atoms with Crippen LogP contribution in [-0.2, 0) is 6.42 Å². The van der Waals surface area contributed by atoms with Crippen LogP contribution in [0.5, 0.6) is 5.75 Å². The van der Waals surface area contributed by atoms with Crippen molar-refractivity contribution in [3.63, 3.8) is 0 Å². The first-order chi connectivity index (χ1) is 7.16. The van der Waals surface area contributed by atoms with Gasteiger partial charge in [0, 0.05) is 4.48 Å². The lowest BCUT2D eigenvalue weighted by Crippen LogP contribution is -1.97. The number of aliphatic hydroxyl groups is 1. The SMILES string of the molecule is C=C(Br)COc1ccc2c(c1)CC[C@H]2O. The smallest absolute Gasteiger partial charge is 0.120 e. The molecular formula is C12H13BrO2. The summed E-state index contributed by atoms with van der Waals surface area (Å²) in [6.45, 7) is 4.18. The van der Waals surface area contributed by atoms with Crippen LogP contribution in [0.25, 0.3) is 0 Å². The van der Waals surface area contributed by atoms with Crippen LogP contribution in [-0.4, -0.2) is 11.7 Å². The molecule has 1 atom stereocenters. The van der Waals surface area contributed by atoms with Gasteiger partial charge in [0.25, 0.3) is 0 Å². The third kappa shape index (κ3) is 2.41. The maximum absolute atomic E-state index is 9.63. The summed E-state index contributed by atoms with van der Waals surface area (Å²) in [5.74, 6) is 0.837. The topological polar surface area (TPSA) is 29.5 Å². The molecule has 1 aromatic rings. The Hall–Kier alpha value is -0.800. The van der Waals surface area contributed by atoms with Crippen molar-refractivity contribution in [1.29, 1.82) is 0 Å². The van der Waals surface area contributed by atoms with Gasteiger partial charge in [0.15, 0.2) is 0 Å². The number of benzene rings is 1. The fraction of sp³-hybridized carbons (Fsp3) is 0.333. The van der Waals surface area contributed by atoms with Gasteiger partial charge >= 0.3 is 0 Å². The third-order valence-electron chi connectivity index (χ3n) is 2.56. The van der Waals surface area contributed by atoms with Gasteiger partial charge in [0.05, 0.1) is 6.10 Å². The van der Waals surface area contributed by atoms with Crippen LogP contribution in [0, 0.1) is 0 Å². The first-order valence-electron chi connectivity index (χ1n) is 4.94. The summed E-state index contributed by atoms with van der Waals surface area (Å²) < 4.78 is 6.32. The van der Waals surface area contributed by atoms with Gasteiger partial charge in [-0.3, -0.25) is 0 Å². The predicted molar refractivity (Wildman–Crippen MR) is 63.3 cm³/mol. The minimum absolute atomic E-state index is 0.291. The first kappa shape index (κ1) is 10.7. The molecule has 80 valence electrons. The second kappa shape index (κ2) is 4.37. The van der Waals surface area contributed by atoms with E-state index in [2.05, 4.69) is 22.5 Å². The Kier molecular flexibility index (Phi) is 3.12. The molecule has 2 rings (SSSR count). The van der Waals surface area contributed by atoms with Gasteiger partial charge in [-0.2, -0.15) is 0 Å². The Morgan fingerprint density at radius 1 is 1.60 bits per heavy atom. The average Bonchev–Trinajstić information content (AvgIpc) is 2.57. The molecule has 1 aliphatic carbocycles. The van der Waals surface area contributed by atoms with Crippen molar-refractivity contribution in [2.45, 2.75) is 18.9 Å². The highest BCUT2D eigenvalue weighted by atomic mass is 79.9. The van der Waals surface area contributed by atoms with E-state index in [0.29, 0.717) is 6.61 Å². The molecule has 15 heavy (non-hydrogen) atoms. The Morgan fingerprint density at radius 3 is 3.13 bits per heavy atom. The van der Waals surface area contributed by atoms with Crippen LogP contribution in [0.1, 0.15) is 23.7 Å². The van der Waals surface area contributed by atoms with Crippen LogP contribution < -0.4 is 4.74 Å². The van der Waals surface area contributed by atoms with Gasteiger partial charge in [-0.05, 0) is 36.1 Å². The molecular weight excluding hydrogens is 256 g/mol. The second-order valence-electron chi connectivity index (χ2n) is 3.72. The molecule has 0 heterocycles. The normalized spacial score (nSPS) is 18.7. The Balaban J connectivity index is 2.12. The van der Waals surface area contributed by atoms with E-state index in [1.807, 2.05) is 18.2 Å². The van der Waals surface area contributed by atoms with Crippen molar-refractivity contribution in [1.82, 2.24) is 0 Å². The van der Waals surface area contributed by atoms with Gasteiger partial charge < -0.3 is 9.84 Å². The quantitative estimate of drug-likeness (QED) is 0.914.